The van der Waals surface area contributed by atoms with E-state index in [1.807, 2.05) is 30.3 Å². The minimum Gasteiger partial charge on any atom is -0.453 e. The first-order valence-electron chi connectivity index (χ1n) is 8.49. The van der Waals surface area contributed by atoms with Crippen molar-refractivity contribution >= 4 is 5.97 Å². The van der Waals surface area contributed by atoms with Crippen LogP contribution in [0, 0.1) is 0 Å². The summed E-state index contributed by atoms with van der Waals surface area (Å²) in [5.41, 5.74) is 1.28. The van der Waals surface area contributed by atoms with Crippen molar-refractivity contribution in [2.24, 2.45) is 0 Å². The second kappa shape index (κ2) is 8.42. The molecule has 1 saturated heterocycles. The highest BCUT2D eigenvalue weighted by Crippen LogP contribution is 2.25. The second-order valence-corrected chi connectivity index (χ2v) is 6.22. The van der Waals surface area contributed by atoms with Gasteiger partial charge < -0.3 is 24.4 Å². The molecular formula is C20H22O6. The Kier molecular flexibility index (Phi) is 6.00. The molecule has 1 aliphatic heterocycles. The van der Waals surface area contributed by atoms with Gasteiger partial charge in [0.1, 0.15) is 12.2 Å². The molecule has 0 bridgehead atoms. The quantitative estimate of drug-likeness (QED) is 0.794. The number of ether oxygens (including phenoxy) is 3. The van der Waals surface area contributed by atoms with Gasteiger partial charge in [0.15, 0.2) is 12.4 Å². The predicted octanol–water partition coefficient (Wildman–Crippen LogP) is 1.90. The molecule has 138 valence electrons. The Morgan fingerprint density at radius 2 is 1.62 bits per heavy atom. The van der Waals surface area contributed by atoms with Crippen molar-refractivity contribution in [3.63, 3.8) is 0 Å². The van der Waals surface area contributed by atoms with Crippen molar-refractivity contribution in [1.82, 2.24) is 0 Å². The lowest BCUT2D eigenvalue weighted by molar-refractivity contribution is -0.295. The number of hydrogen-bond donors (Lipinski definition) is 2. The summed E-state index contributed by atoms with van der Waals surface area (Å²) in [7, 11) is 0. The largest absolute Gasteiger partial charge is 0.453 e. The van der Waals surface area contributed by atoms with Crippen molar-refractivity contribution in [2.75, 3.05) is 0 Å². The number of aliphatic hydroxyl groups is 2. The summed E-state index contributed by atoms with van der Waals surface area (Å²) in [6.07, 6.45) is -5.28. The van der Waals surface area contributed by atoms with E-state index < -0.39 is 36.7 Å². The molecule has 0 aliphatic carbocycles. The molecule has 2 N–H and O–H groups in total. The van der Waals surface area contributed by atoms with Crippen LogP contribution in [0.1, 0.15) is 22.8 Å². The highest BCUT2D eigenvalue weighted by atomic mass is 16.7. The third kappa shape index (κ3) is 4.28. The zero-order valence-electron chi connectivity index (χ0n) is 14.4. The molecule has 0 aromatic heterocycles. The minimum atomic E-state index is -1.33. The first-order chi connectivity index (χ1) is 12.6. The van der Waals surface area contributed by atoms with Crippen LogP contribution in [0.15, 0.2) is 60.7 Å². The van der Waals surface area contributed by atoms with Crippen molar-refractivity contribution < 1.29 is 29.2 Å². The van der Waals surface area contributed by atoms with Crippen molar-refractivity contribution in [1.29, 1.82) is 0 Å². The average molecular weight is 358 g/mol. The Bertz CT molecular complexity index is 705. The second-order valence-electron chi connectivity index (χ2n) is 6.22. The molecule has 26 heavy (non-hydrogen) atoms. The zero-order valence-corrected chi connectivity index (χ0v) is 14.4. The number of carbonyl (C=O) groups is 1. The lowest BCUT2D eigenvalue weighted by atomic mass is 9.99. The summed E-state index contributed by atoms with van der Waals surface area (Å²) < 4.78 is 16.6. The molecule has 2 aromatic rings. The van der Waals surface area contributed by atoms with E-state index in [1.165, 1.54) is 0 Å². The SMILES string of the molecule is C[C@@H]1O[C@@H](OCc2ccccc2)[C@H](O)[C@H](O)[C@H]1OC(=O)c1ccccc1. The summed E-state index contributed by atoms with van der Waals surface area (Å²) in [5.74, 6) is -0.582. The maximum Gasteiger partial charge on any atom is 0.338 e. The van der Waals surface area contributed by atoms with Gasteiger partial charge in [-0.25, -0.2) is 4.79 Å². The number of benzene rings is 2. The molecule has 0 spiro atoms. The fraction of sp³-hybridized carbons (Fsp3) is 0.350. The molecule has 3 rings (SSSR count). The summed E-state index contributed by atoms with van der Waals surface area (Å²) in [5, 5.41) is 20.7. The third-order valence-corrected chi connectivity index (χ3v) is 4.29. The van der Waals surface area contributed by atoms with E-state index in [1.54, 1.807) is 37.3 Å². The van der Waals surface area contributed by atoms with E-state index in [-0.39, 0.29) is 6.61 Å². The maximum absolute atomic E-state index is 12.2. The third-order valence-electron chi connectivity index (χ3n) is 4.29. The van der Waals surface area contributed by atoms with Crippen LogP contribution < -0.4 is 0 Å². The molecule has 0 radical (unpaired) electrons. The summed E-state index contributed by atoms with van der Waals surface area (Å²) in [4.78, 5) is 12.2. The zero-order chi connectivity index (χ0) is 18.5. The average Bonchev–Trinajstić information content (AvgIpc) is 2.68. The van der Waals surface area contributed by atoms with Gasteiger partial charge in [0.05, 0.1) is 18.3 Å². The van der Waals surface area contributed by atoms with Crippen LogP contribution in [0.2, 0.25) is 0 Å². The van der Waals surface area contributed by atoms with Crippen LogP contribution in [0.25, 0.3) is 0 Å². The molecule has 0 unspecified atom stereocenters. The van der Waals surface area contributed by atoms with Gasteiger partial charge in [-0.05, 0) is 24.6 Å². The molecule has 6 nitrogen and oxygen atoms in total. The smallest absolute Gasteiger partial charge is 0.338 e. The number of aliphatic hydroxyl groups excluding tert-OH is 2. The van der Waals surface area contributed by atoms with Crippen LogP contribution in [0.3, 0.4) is 0 Å². The first-order valence-corrected chi connectivity index (χ1v) is 8.49. The van der Waals surface area contributed by atoms with Gasteiger partial charge in [-0.1, -0.05) is 48.5 Å². The Morgan fingerprint density at radius 1 is 1.00 bits per heavy atom. The first kappa shape index (κ1) is 18.5. The molecular weight excluding hydrogens is 336 g/mol. The normalized spacial score (nSPS) is 28.5. The van der Waals surface area contributed by atoms with Crippen molar-refractivity contribution in [2.45, 2.75) is 44.2 Å². The molecule has 0 amide bonds. The standard InChI is InChI=1S/C20H22O6/c1-13-18(26-19(23)15-10-6-3-7-11-15)16(21)17(22)20(25-13)24-12-14-8-4-2-5-9-14/h2-11,13,16-18,20-22H,12H2,1H3/t13-,16-,17+,18-,20+/m0/s1. The van der Waals surface area contributed by atoms with Crippen molar-refractivity contribution in [3.8, 4) is 0 Å². The van der Waals surface area contributed by atoms with Gasteiger partial charge in [0.2, 0.25) is 0 Å². The van der Waals surface area contributed by atoms with E-state index >= 15 is 0 Å². The van der Waals surface area contributed by atoms with Gasteiger partial charge in [0.25, 0.3) is 0 Å². The number of hydrogen-bond acceptors (Lipinski definition) is 6. The topological polar surface area (TPSA) is 85.2 Å². The monoisotopic (exact) mass is 358 g/mol. The maximum atomic E-state index is 12.2. The molecule has 0 saturated carbocycles. The number of rotatable bonds is 5. The predicted molar refractivity (Wildman–Crippen MR) is 93.2 cm³/mol. The van der Waals surface area contributed by atoms with Gasteiger partial charge in [-0.2, -0.15) is 0 Å². The number of carbonyl (C=O) groups excluding carboxylic acids is 1. The molecule has 1 heterocycles. The van der Waals surface area contributed by atoms with Gasteiger partial charge in [-0.3, -0.25) is 0 Å². The van der Waals surface area contributed by atoms with Crippen LogP contribution in [-0.4, -0.2) is 46.9 Å². The Balaban J connectivity index is 1.60. The van der Waals surface area contributed by atoms with Crippen LogP contribution in [-0.2, 0) is 20.8 Å². The van der Waals surface area contributed by atoms with Crippen molar-refractivity contribution in [3.05, 3.63) is 71.8 Å². The van der Waals surface area contributed by atoms with E-state index in [2.05, 4.69) is 0 Å². The van der Waals surface area contributed by atoms with E-state index in [0.29, 0.717) is 5.56 Å². The van der Waals surface area contributed by atoms with Crippen LogP contribution in [0.5, 0.6) is 0 Å². The Hall–Kier alpha value is -2.25. The van der Waals surface area contributed by atoms with E-state index in [4.69, 9.17) is 14.2 Å². The molecule has 2 aromatic carbocycles. The summed E-state index contributed by atoms with van der Waals surface area (Å²) >= 11 is 0. The summed E-state index contributed by atoms with van der Waals surface area (Å²) in [6, 6.07) is 17.9. The van der Waals surface area contributed by atoms with Gasteiger partial charge >= 0.3 is 5.97 Å². The molecule has 5 atom stereocenters. The fourth-order valence-electron chi connectivity index (χ4n) is 2.82. The summed E-state index contributed by atoms with van der Waals surface area (Å²) in [6.45, 7) is 1.90. The highest BCUT2D eigenvalue weighted by Gasteiger charge is 2.45. The minimum absolute atomic E-state index is 0.233. The lowest BCUT2D eigenvalue weighted by Gasteiger charge is -2.40. The van der Waals surface area contributed by atoms with Crippen LogP contribution >= 0.6 is 0 Å². The van der Waals surface area contributed by atoms with Crippen LogP contribution in [0.4, 0.5) is 0 Å². The fourth-order valence-corrected chi connectivity index (χ4v) is 2.82. The Morgan fingerprint density at radius 3 is 2.27 bits per heavy atom. The number of esters is 1. The molecule has 1 fully saturated rings. The van der Waals surface area contributed by atoms with Gasteiger partial charge in [-0.15, -0.1) is 0 Å². The lowest BCUT2D eigenvalue weighted by Crippen LogP contribution is -2.58. The van der Waals surface area contributed by atoms with E-state index in [0.717, 1.165) is 5.56 Å². The van der Waals surface area contributed by atoms with E-state index in [9.17, 15) is 15.0 Å². The molecule has 1 aliphatic rings. The highest BCUT2D eigenvalue weighted by molar-refractivity contribution is 5.89. The van der Waals surface area contributed by atoms with Gasteiger partial charge in [0, 0.05) is 0 Å². The Labute approximate surface area is 151 Å². The molecule has 6 heteroatoms.